The molecule has 1 aliphatic heterocycles. The molecular formula is C17H24N4. The van der Waals surface area contributed by atoms with E-state index in [1.807, 2.05) is 12.4 Å². The molecule has 1 unspecified atom stereocenters. The number of likely N-dealkylation sites (N-methyl/N-ethyl adjacent to an activating group) is 1. The van der Waals surface area contributed by atoms with Gasteiger partial charge < -0.3 is 9.80 Å². The number of anilines is 1. The first-order valence-electron chi connectivity index (χ1n) is 7.77. The van der Waals surface area contributed by atoms with Crippen LogP contribution in [0.3, 0.4) is 0 Å². The molecule has 0 spiro atoms. The van der Waals surface area contributed by atoms with Crippen molar-refractivity contribution in [2.75, 3.05) is 38.1 Å². The summed E-state index contributed by atoms with van der Waals surface area (Å²) in [5.41, 5.74) is 2.65. The molecule has 3 rings (SSSR count). The van der Waals surface area contributed by atoms with Gasteiger partial charge in [-0.2, -0.15) is 5.10 Å². The summed E-state index contributed by atoms with van der Waals surface area (Å²) in [6.07, 6.45) is 6.27. The van der Waals surface area contributed by atoms with E-state index in [-0.39, 0.29) is 0 Å². The molecule has 1 N–H and O–H groups in total. The second kappa shape index (κ2) is 6.76. The van der Waals surface area contributed by atoms with Crippen molar-refractivity contribution in [2.45, 2.75) is 12.8 Å². The van der Waals surface area contributed by atoms with Gasteiger partial charge in [0.1, 0.15) is 0 Å². The fourth-order valence-electron chi connectivity index (χ4n) is 3.12. The molecule has 1 saturated heterocycles. The average Bonchev–Trinajstić information content (AvgIpc) is 3.17. The van der Waals surface area contributed by atoms with Crippen LogP contribution < -0.4 is 4.90 Å². The first-order chi connectivity index (χ1) is 10.3. The predicted octanol–water partition coefficient (Wildman–Crippen LogP) is 2.41. The van der Waals surface area contributed by atoms with Gasteiger partial charge >= 0.3 is 0 Å². The van der Waals surface area contributed by atoms with Gasteiger partial charge in [0.2, 0.25) is 0 Å². The van der Waals surface area contributed by atoms with E-state index >= 15 is 0 Å². The summed E-state index contributed by atoms with van der Waals surface area (Å²) in [6, 6.07) is 10.8. The van der Waals surface area contributed by atoms with Crippen molar-refractivity contribution in [1.82, 2.24) is 15.1 Å². The number of benzene rings is 1. The standard InChI is InChI=1S/C17H24N4/c1-20(9-7-15-11-18-19-12-15)13-16-8-10-21(14-16)17-5-3-2-4-6-17/h2-6,11-12,16H,7-10,13-14H2,1H3,(H,18,19). The van der Waals surface area contributed by atoms with Crippen LogP contribution in [-0.2, 0) is 6.42 Å². The molecule has 0 bridgehead atoms. The zero-order chi connectivity index (χ0) is 14.5. The first-order valence-corrected chi connectivity index (χ1v) is 7.77. The van der Waals surface area contributed by atoms with Crippen molar-refractivity contribution in [2.24, 2.45) is 5.92 Å². The third kappa shape index (κ3) is 3.85. The quantitative estimate of drug-likeness (QED) is 0.885. The molecular weight excluding hydrogens is 260 g/mol. The Labute approximate surface area is 126 Å². The number of nitrogens with zero attached hydrogens (tertiary/aromatic N) is 3. The van der Waals surface area contributed by atoms with E-state index in [2.05, 4.69) is 57.4 Å². The van der Waals surface area contributed by atoms with Crippen LogP contribution in [0.15, 0.2) is 42.7 Å². The molecule has 112 valence electrons. The van der Waals surface area contributed by atoms with E-state index in [1.54, 1.807) is 0 Å². The molecule has 0 radical (unpaired) electrons. The molecule has 2 heterocycles. The molecule has 0 amide bonds. The Bertz CT molecular complexity index is 523. The highest BCUT2D eigenvalue weighted by molar-refractivity contribution is 5.46. The number of aromatic amines is 1. The molecule has 4 heteroatoms. The minimum atomic E-state index is 0.777. The fraction of sp³-hybridized carbons (Fsp3) is 0.471. The van der Waals surface area contributed by atoms with Crippen LogP contribution in [-0.4, -0.2) is 48.3 Å². The largest absolute Gasteiger partial charge is 0.371 e. The molecule has 2 aromatic rings. The van der Waals surface area contributed by atoms with E-state index < -0.39 is 0 Å². The monoisotopic (exact) mass is 284 g/mol. The van der Waals surface area contributed by atoms with Crippen molar-refractivity contribution in [3.63, 3.8) is 0 Å². The highest BCUT2D eigenvalue weighted by Gasteiger charge is 2.23. The Hall–Kier alpha value is -1.81. The summed E-state index contributed by atoms with van der Waals surface area (Å²) in [7, 11) is 2.23. The fourth-order valence-corrected chi connectivity index (χ4v) is 3.12. The van der Waals surface area contributed by atoms with Gasteiger partial charge in [-0.1, -0.05) is 18.2 Å². The first kappa shape index (κ1) is 14.1. The van der Waals surface area contributed by atoms with E-state index in [1.165, 1.54) is 37.3 Å². The van der Waals surface area contributed by atoms with Gasteiger partial charge in [-0.15, -0.1) is 0 Å². The SMILES string of the molecule is CN(CCc1cn[nH]c1)CC1CCN(c2ccccc2)C1. The summed E-state index contributed by atoms with van der Waals surface area (Å²) >= 11 is 0. The van der Waals surface area contributed by atoms with E-state index in [0.29, 0.717) is 0 Å². The number of para-hydroxylation sites is 1. The maximum absolute atomic E-state index is 4.00. The molecule has 1 aromatic heterocycles. The van der Waals surface area contributed by atoms with Crippen LogP contribution in [0.1, 0.15) is 12.0 Å². The molecule has 1 atom stereocenters. The van der Waals surface area contributed by atoms with Gasteiger partial charge in [0.15, 0.2) is 0 Å². The maximum Gasteiger partial charge on any atom is 0.0519 e. The average molecular weight is 284 g/mol. The Kier molecular flexibility index (Phi) is 4.55. The lowest BCUT2D eigenvalue weighted by atomic mass is 10.1. The van der Waals surface area contributed by atoms with Gasteiger partial charge in [-0.3, -0.25) is 5.10 Å². The second-order valence-corrected chi connectivity index (χ2v) is 6.06. The summed E-state index contributed by atoms with van der Waals surface area (Å²) in [6.45, 7) is 4.65. The zero-order valence-corrected chi connectivity index (χ0v) is 12.7. The zero-order valence-electron chi connectivity index (χ0n) is 12.7. The number of rotatable bonds is 6. The number of aromatic nitrogens is 2. The van der Waals surface area contributed by atoms with Gasteiger partial charge in [0.25, 0.3) is 0 Å². The van der Waals surface area contributed by atoms with Gasteiger partial charge in [0.05, 0.1) is 6.20 Å². The van der Waals surface area contributed by atoms with Crippen molar-refractivity contribution >= 4 is 5.69 Å². The lowest BCUT2D eigenvalue weighted by Gasteiger charge is -2.22. The van der Waals surface area contributed by atoms with Gasteiger partial charge in [-0.05, 0) is 43.5 Å². The lowest BCUT2D eigenvalue weighted by molar-refractivity contribution is 0.290. The van der Waals surface area contributed by atoms with Gasteiger partial charge in [0, 0.05) is 38.1 Å². The minimum Gasteiger partial charge on any atom is -0.371 e. The smallest absolute Gasteiger partial charge is 0.0519 e. The van der Waals surface area contributed by atoms with E-state index in [9.17, 15) is 0 Å². The molecule has 4 nitrogen and oxygen atoms in total. The van der Waals surface area contributed by atoms with Crippen molar-refractivity contribution in [3.8, 4) is 0 Å². The Morgan fingerprint density at radius 3 is 2.95 bits per heavy atom. The van der Waals surface area contributed by atoms with Crippen LogP contribution in [0.2, 0.25) is 0 Å². The third-order valence-corrected chi connectivity index (χ3v) is 4.31. The van der Waals surface area contributed by atoms with Crippen molar-refractivity contribution < 1.29 is 0 Å². The van der Waals surface area contributed by atoms with E-state index in [4.69, 9.17) is 0 Å². The van der Waals surface area contributed by atoms with Gasteiger partial charge in [-0.25, -0.2) is 0 Å². The maximum atomic E-state index is 4.00. The number of hydrogen-bond donors (Lipinski definition) is 1. The third-order valence-electron chi connectivity index (χ3n) is 4.31. The molecule has 0 aliphatic carbocycles. The molecule has 1 fully saturated rings. The molecule has 1 aliphatic rings. The van der Waals surface area contributed by atoms with Crippen LogP contribution in [0.4, 0.5) is 5.69 Å². The minimum absolute atomic E-state index is 0.777. The van der Waals surface area contributed by atoms with Crippen LogP contribution in [0.25, 0.3) is 0 Å². The molecule has 0 saturated carbocycles. The molecule has 21 heavy (non-hydrogen) atoms. The van der Waals surface area contributed by atoms with Crippen LogP contribution in [0, 0.1) is 5.92 Å². The normalized spacial score (nSPS) is 18.6. The molecule has 1 aromatic carbocycles. The lowest BCUT2D eigenvalue weighted by Crippen LogP contribution is -2.29. The Morgan fingerprint density at radius 1 is 1.33 bits per heavy atom. The second-order valence-electron chi connectivity index (χ2n) is 6.06. The van der Waals surface area contributed by atoms with Crippen molar-refractivity contribution in [3.05, 3.63) is 48.3 Å². The Balaban J connectivity index is 1.44. The van der Waals surface area contributed by atoms with E-state index in [0.717, 1.165) is 18.9 Å². The summed E-state index contributed by atoms with van der Waals surface area (Å²) in [5.74, 6) is 0.777. The highest BCUT2D eigenvalue weighted by atomic mass is 15.2. The Morgan fingerprint density at radius 2 is 2.19 bits per heavy atom. The summed E-state index contributed by atoms with van der Waals surface area (Å²) in [4.78, 5) is 4.96. The number of hydrogen-bond acceptors (Lipinski definition) is 3. The number of H-pyrrole nitrogens is 1. The van der Waals surface area contributed by atoms with Crippen molar-refractivity contribution in [1.29, 1.82) is 0 Å². The highest BCUT2D eigenvalue weighted by Crippen LogP contribution is 2.23. The summed E-state index contributed by atoms with van der Waals surface area (Å²) in [5, 5.41) is 6.87. The van der Waals surface area contributed by atoms with Crippen LogP contribution >= 0.6 is 0 Å². The topological polar surface area (TPSA) is 35.2 Å². The summed E-state index contributed by atoms with van der Waals surface area (Å²) < 4.78 is 0. The van der Waals surface area contributed by atoms with Crippen LogP contribution in [0.5, 0.6) is 0 Å². The predicted molar refractivity (Wildman–Crippen MR) is 86.6 cm³/mol. The number of nitrogens with one attached hydrogen (secondary N) is 1.